The zero-order valence-electron chi connectivity index (χ0n) is 17.4. The summed E-state index contributed by atoms with van der Waals surface area (Å²) in [5, 5.41) is 13.2. The fourth-order valence-corrected chi connectivity index (χ4v) is 4.04. The summed E-state index contributed by atoms with van der Waals surface area (Å²) >= 11 is 0. The van der Waals surface area contributed by atoms with E-state index in [-0.39, 0.29) is 5.91 Å². The third kappa shape index (κ3) is 3.35. The van der Waals surface area contributed by atoms with Gasteiger partial charge in [0.1, 0.15) is 17.8 Å². The van der Waals surface area contributed by atoms with Crippen LogP contribution in [0, 0.1) is 0 Å². The second-order valence-corrected chi connectivity index (χ2v) is 7.46. The summed E-state index contributed by atoms with van der Waals surface area (Å²) in [6, 6.07) is 17.1. The van der Waals surface area contributed by atoms with Gasteiger partial charge in [0.05, 0.1) is 13.7 Å². The molecule has 4 aromatic rings. The molecule has 0 saturated carbocycles. The van der Waals surface area contributed by atoms with Crippen LogP contribution < -0.4 is 4.74 Å². The summed E-state index contributed by atoms with van der Waals surface area (Å²) in [5.74, 6) is 1.39. The maximum atomic E-state index is 13.1. The third-order valence-corrected chi connectivity index (χ3v) is 5.66. The van der Waals surface area contributed by atoms with E-state index in [1.165, 1.54) is 0 Å². The van der Waals surface area contributed by atoms with Crippen LogP contribution in [0.4, 0.5) is 0 Å². The van der Waals surface area contributed by atoms with Crippen molar-refractivity contribution < 1.29 is 9.53 Å². The van der Waals surface area contributed by atoms with Gasteiger partial charge in [-0.1, -0.05) is 18.2 Å². The number of carbonyl (C=O) groups excluding carboxylic acids is 1. The minimum Gasteiger partial charge on any atom is -0.497 e. The Kier molecular flexibility index (Phi) is 4.74. The molecule has 0 spiro atoms. The number of nitrogens with zero attached hydrogens (tertiary/aromatic N) is 6. The van der Waals surface area contributed by atoms with E-state index in [0.717, 1.165) is 34.8 Å². The Morgan fingerprint density at radius 2 is 1.84 bits per heavy atom. The molecule has 1 aliphatic rings. The lowest BCUT2D eigenvalue weighted by Gasteiger charge is -2.27. The van der Waals surface area contributed by atoms with Crippen molar-refractivity contribution >= 4 is 5.91 Å². The Morgan fingerprint density at radius 3 is 2.58 bits per heavy atom. The van der Waals surface area contributed by atoms with Crippen LogP contribution in [0.3, 0.4) is 0 Å². The molecule has 0 radical (unpaired) electrons. The molecule has 0 aliphatic carbocycles. The number of aromatic nitrogens is 5. The highest BCUT2D eigenvalue weighted by Crippen LogP contribution is 2.30. The van der Waals surface area contributed by atoms with Gasteiger partial charge in [-0.15, -0.1) is 10.2 Å². The first-order valence-electron chi connectivity index (χ1n) is 10.1. The topological polar surface area (TPSA) is 78.1 Å². The molecule has 0 atom stereocenters. The minimum atomic E-state index is -0.00682. The quantitative estimate of drug-likeness (QED) is 0.513. The van der Waals surface area contributed by atoms with Crippen LogP contribution in [0.1, 0.15) is 21.6 Å². The lowest BCUT2D eigenvalue weighted by molar-refractivity contribution is 0.0733. The number of hydrogen-bond acceptors (Lipinski definition) is 5. The highest BCUT2D eigenvalue weighted by molar-refractivity contribution is 5.94. The lowest BCUT2D eigenvalue weighted by atomic mass is 10.0. The van der Waals surface area contributed by atoms with E-state index in [9.17, 15) is 4.79 Å². The van der Waals surface area contributed by atoms with Gasteiger partial charge in [-0.25, -0.2) is 0 Å². The van der Waals surface area contributed by atoms with Crippen molar-refractivity contribution in [3.63, 3.8) is 0 Å². The number of ether oxygens (including phenoxy) is 1. The van der Waals surface area contributed by atoms with Crippen LogP contribution >= 0.6 is 0 Å². The van der Waals surface area contributed by atoms with Crippen molar-refractivity contribution in [2.45, 2.75) is 13.0 Å². The summed E-state index contributed by atoms with van der Waals surface area (Å²) in [5.41, 5.74) is 4.49. The van der Waals surface area contributed by atoms with Gasteiger partial charge in [0.2, 0.25) is 0 Å². The Morgan fingerprint density at radius 1 is 1.06 bits per heavy atom. The summed E-state index contributed by atoms with van der Waals surface area (Å²) in [4.78, 5) is 15.0. The smallest absolute Gasteiger partial charge is 0.254 e. The molecule has 2 aromatic heterocycles. The van der Waals surface area contributed by atoms with Gasteiger partial charge in [0.15, 0.2) is 5.82 Å². The van der Waals surface area contributed by atoms with Crippen LogP contribution in [-0.4, -0.2) is 49.0 Å². The molecule has 0 fully saturated rings. The summed E-state index contributed by atoms with van der Waals surface area (Å²) in [6.45, 7) is 1.12. The van der Waals surface area contributed by atoms with E-state index in [4.69, 9.17) is 9.84 Å². The lowest BCUT2D eigenvalue weighted by Crippen LogP contribution is -2.36. The molecular formula is C23H22N6O2. The number of amides is 1. The van der Waals surface area contributed by atoms with Crippen molar-refractivity contribution in [3.05, 3.63) is 77.7 Å². The number of aryl methyl sites for hydroxylation is 1. The van der Waals surface area contributed by atoms with Crippen molar-refractivity contribution in [3.8, 4) is 23.0 Å². The van der Waals surface area contributed by atoms with Crippen molar-refractivity contribution in [1.29, 1.82) is 0 Å². The zero-order valence-corrected chi connectivity index (χ0v) is 17.4. The van der Waals surface area contributed by atoms with Gasteiger partial charge >= 0.3 is 0 Å². The monoisotopic (exact) mass is 414 g/mol. The maximum absolute atomic E-state index is 13.1. The van der Waals surface area contributed by atoms with Gasteiger partial charge < -0.3 is 9.64 Å². The fourth-order valence-electron chi connectivity index (χ4n) is 4.04. The largest absolute Gasteiger partial charge is 0.497 e. The Balaban J connectivity index is 1.49. The van der Waals surface area contributed by atoms with Gasteiger partial charge in [-0.05, 0) is 36.4 Å². The maximum Gasteiger partial charge on any atom is 0.254 e. The van der Waals surface area contributed by atoms with E-state index in [1.54, 1.807) is 37.7 Å². The molecular weight excluding hydrogens is 392 g/mol. The number of methoxy groups -OCH3 is 1. The summed E-state index contributed by atoms with van der Waals surface area (Å²) < 4.78 is 9.01. The molecule has 5 rings (SSSR count). The second kappa shape index (κ2) is 7.71. The predicted octanol–water partition coefficient (Wildman–Crippen LogP) is 2.87. The van der Waals surface area contributed by atoms with E-state index in [1.807, 2.05) is 51.5 Å². The average Bonchev–Trinajstić information content (AvgIpc) is 3.43. The molecule has 3 heterocycles. The molecule has 1 aliphatic heterocycles. The van der Waals surface area contributed by atoms with Crippen molar-refractivity contribution in [2.75, 3.05) is 13.7 Å². The highest BCUT2D eigenvalue weighted by atomic mass is 16.5. The molecule has 156 valence electrons. The number of benzene rings is 2. The predicted molar refractivity (Wildman–Crippen MR) is 115 cm³/mol. The van der Waals surface area contributed by atoms with Crippen LogP contribution in [0.2, 0.25) is 0 Å². The Hall–Kier alpha value is -3.94. The van der Waals surface area contributed by atoms with E-state index >= 15 is 0 Å². The van der Waals surface area contributed by atoms with Crippen LogP contribution in [-0.2, 0) is 20.0 Å². The van der Waals surface area contributed by atoms with Gasteiger partial charge in [0.25, 0.3) is 5.91 Å². The molecule has 0 bridgehead atoms. The SMILES string of the molecule is COc1ccc(C(=O)N2CCc3c(c(-c4nncn4-c4ccccc4)nn3C)C2)cc1. The van der Waals surface area contributed by atoms with Gasteiger partial charge in [-0.2, -0.15) is 5.10 Å². The van der Waals surface area contributed by atoms with E-state index in [2.05, 4.69) is 10.2 Å². The highest BCUT2D eigenvalue weighted by Gasteiger charge is 2.29. The molecule has 0 saturated heterocycles. The molecule has 8 nitrogen and oxygen atoms in total. The Labute approximate surface area is 179 Å². The number of fused-ring (bicyclic) bond motifs is 1. The van der Waals surface area contributed by atoms with Crippen LogP contribution in [0.25, 0.3) is 17.2 Å². The van der Waals surface area contributed by atoms with Gasteiger partial charge in [0, 0.05) is 42.5 Å². The first kappa shape index (κ1) is 19.0. The Bertz CT molecular complexity index is 1230. The van der Waals surface area contributed by atoms with Crippen molar-refractivity contribution in [1.82, 2.24) is 29.4 Å². The second-order valence-electron chi connectivity index (χ2n) is 7.46. The minimum absolute atomic E-state index is 0.00682. The number of hydrogen-bond donors (Lipinski definition) is 0. The fraction of sp³-hybridized carbons (Fsp3) is 0.217. The zero-order chi connectivity index (χ0) is 21.4. The summed E-state index contributed by atoms with van der Waals surface area (Å²) in [6.07, 6.45) is 2.43. The first-order chi connectivity index (χ1) is 15.2. The first-order valence-corrected chi connectivity index (χ1v) is 10.1. The van der Waals surface area contributed by atoms with E-state index < -0.39 is 0 Å². The standard InChI is InChI=1S/C23H22N6O2/c1-27-20-12-13-28(23(30)16-8-10-18(31-2)11-9-16)14-19(20)21(26-27)22-25-24-15-29(22)17-6-4-3-5-7-17/h3-11,15H,12-14H2,1-2H3. The van der Waals surface area contributed by atoms with Gasteiger partial charge in [-0.3, -0.25) is 14.0 Å². The van der Waals surface area contributed by atoms with Crippen LogP contribution in [0.15, 0.2) is 60.9 Å². The molecule has 8 heteroatoms. The average molecular weight is 414 g/mol. The van der Waals surface area contributed by atoms with Crippen molar-refractivity contribution in [2.24, 2.45) is 7.05 Å². The van der Waals surface area contributed by atoms with E-state index in [0.29, 0.717) is 24.5 Å². The molecule has 0 unspecified atom stereocenters. The molecule has 0 N–H and O–H groups in total. The molecule has 2 aromatic carbocycles. The van der Waals surface area contributed by atoms with Crippen LogP contribution in [0.5, 0.6) is 5.75 Å². The number of para-hydroxylation sites is 1. The normalized spacial score (nSPS) is 13.2. The molecule has 1 amide bonds. The summed E-state index contributed by atoms with van der Waals surface area (Å²) in [7, 11) is 3.55. The number of carbonyl (C=O) groups is 1. The molecule has 31 heavy (non-hydrogen) atoms. The third-order valence-electron chi connectivity index (χ3n) is 5.66. The number of rotatable bonds is 4.